The monoisotopic (exact) mass is 340 g/mol. The molecule has 0 N–H and O–H groups in total. The third-order valence-corrected chi connectivity index (χ3v) is 4.53. The number of benzene rings is 1. The van der Waals surface area contributed by atoms with Crippen LogP contribution < -0.4 is 0 Å². The van der Waals surface area contributed by atoms with Crippen LogP contribution in [-0.2, 0) is 0 Å². The summed E-state index contributed by atoms with van der Waals surface area (Å²) in [4.78, 5) is 24.9. The first kappa shape index (κ1) is 15.0. The van der Waals surface area contributed by atoms with E-state index >= 15 is 0 Å². The lowest BCUT2D eigenvalue weighted by Gasteiger charge is -2.33. The molecule has 108 valence electrons. The molecule has 1 saturated heterocycles. The van der Waals surface area contributed by atoms with Gasteiger partial charge in [0.05, 0.1) is 4.92 Å². The number of nitro benzene ring substituents is 1. The smallest absolute Gasteiger partial charge is 0.270 e. The van der Waals surface area contributed by atoms with Gasteiger partial charge in [0.1, 0.15) is 0 Å². The van der Waals surface area contributed by atoms with E-state index in [0.717, 1.165) is 12.8 Å². The lowest BCUT2D eigenvalue weighted by molar-refractivity contribution is -0.384. The number of hydrogen-bond donors (Lipinski definition) is 0. The Morgan fingerprint density at radius 3 is 2.65 bits per heavy atom. The number of piperidine rings is 1. The normalized spacial score (nSPS) is 17.8. The van der Waals surface area contributed by atoms with Gasteiger partial charge in [-0.25, -0.2) is 0 Å². The van der Waals surface area contributed by atoms with Gasteiger partial charge in [-0.15, -0.1) is 0 Å². The number of alkyl halides is 1. The third kappa shape index (κ3) is 3.36. The van der Waals surface area contributed by atoms with Crippen molar-refractivity contribution in [3.63, 3.8) is 0 Å². The van der Waals surface area contributed by atoms with Gasteiger partial charge in [0.15, 0.2) is 0 Å². The van der Waals surface area contributed by atoms with Crippen LogP contribution in [0, 0.1) is 16.0 Å². The Morgan fingerprint density at radius 1 is 1.45 bits per heavy atom. The maximum Gasteiger partial charge on any atom is 0.270 e. The number of halogens is 1. The van der Waals surface area contributed by atoms with E-state index in [4.69, 9.17) is 0 Å². The molecular formula is C14H17BrN2O3. The molecule has 1 unspecified atom stereocenters. The quantitative estimate of drug-likeness (QED) is 0.482. The van der Waals surface area contributed by atoms with Crippen LogP contribution in [0.2, 0.25) is 0 Å². The number of hydrogen-bond acceptors (Lipinski definition) is 3. The van der Waals surface area contributed by atoms with Gasteiger partial charge in [-0.1, -0.05) is 28.9 Å². The molecule has 5 nitrogen and oxygen atoms in total. The number of nitro groups is 1. The van der Waals surface area contributed by atoms with Crippen molar-refractivity contribution in [1.29, 1.82) is 0 Å². The van der Waals surface area contributed by atoms with E-state index in [9.17, 15) is 14.9 Å². The summed E-state index contributed by atoms with van der Waals surface area (Å²) < 4.78 is 0. The molecule has 1 aromatic rings. The van der Waals surface area contributed by atoms with E-state index in [0.29, 0.717) is 29.4 Å². The van der Waals surface area contributed by atoms with Crippen LogP contribution in [0.25, 0.3) is 0 Å². The topological polar surface area (TPSA) is 63.5 Å². The molecular weight excluding hydrogens is 324 g/mol. The van der Waals surface area contributed by atoms with Crippen LogP contribution in [0.5, 0.6) is 0 Å². The van der Waals surface area contributed by atoms with Gasteiger partial charge in [0, 0.05) is 35.6 Å². The Bertz CT molecular complexity index is 511. The molecule has 0 aliphatic carbocycles. The molecule has 0 aromatic heterocycles. The average Bonchev–Trinajstić information content (AvgIpc) is 2.46. The van der Waals surface area contributed by atoms with Crippen LogP contribution in [0.1, 0.15) is 30.1 Å². The number of non-ortho nitro benzene ring substituents is 1. The predicted molar refractivity (Wildman–Crippen MR) is 80.1 cm³/mol. The first-order valence-electron chi connectivity index (χ1n) is 6.67. The zero-order valence-electron chi connectivity index (χ0n) is 11.3. The number of carbonyl (C=O) groups is 1. The summed E-state index contributed by atoms with van der Waals surface area (Å²) >= 11 is 3.58. The van der Waals surface area contributed by atoms with Gasteiger partial charge in [0.2, 0.25) is 0 Å². The zero-order valence-corrected chi connectivity index (χ0v) is 12.9. The second kappa shape index (κ2) is 6.35. The van der Waals surface area contributed by atoms with Crippen molar-refractivity contribution in [1.82, 2.24) is 4.90 Å². The molecule has 1 aliphatic rings. The summed E-state index contributed by atoms with van der Waals surface area (Å²) in [6.45, 7) is 3.55. The number of rotatable bonds is 3. The summed E-state index contributed by atoms with van der Waals surface area (Å²) in [5.74, 6) is 0.471. The van der Waals surface area contributed by atoms with Crippen molar-refractivity contribution in [2.75, 3.05) is 13.1 Å². The van der Waals surface area contributed by atoms with Crippen LogP contribution in [-0.4, -0.2) is 33.6 Å². The van der Waals surface area contributed by atoms with E-state index < -0.39 is 4.92 Å². The Morgan fingerprint density at radius 2 is 2.10 bits per heavy atom. The minimum absolute atomic E-state index is 0.0418. The molecule has 20 heavy (non-hydrogen) atoms. The molecule has 1 aromatic carbocycles. The van der Waals surface area contributed by atoms with Crippen molar-refractivity contribution in [2.45, 2.75) is 24.6 Å². The molecule has 0 saturated carbocycles. The maximum atomic E-state index is 12.3. The predicted octanol–water partition coefficient (Wildman–Crippen LogP) is 3.23. The van der Waals surface area contributed by atoms with Crippen LogP contribution in [0.3, 0.4) is 0 Å². The standard InChI is InChI=1S/C14H17BrN2O3/c1-10(15)11-5-7-16(8-6-11)14(18)12-3-2-4-13(9-12)17(19)20/h2-4,9-11H,5-8H2,1H3. The Hall–Kier alpha value is -1.43. The van der Waals surface area contributed by atoms with E-state index in [1.165, 1.54) is 12.1 Å². The van der Waals surface area contributed by atoms with Gasteiger partial charge in [0.25, 0.3) is 11.6 Å². The molecule has 1 heterocycles. The molecule has 1 fully saturated rings. The van der Waals surface area contributed by atoms with Crippen LogP contribution in [0.15, 0.2) is 24.3 Å². The summed E-state index contributed by atoms with van der Waals surface area (Å²) in [5, 5.41) is 10.7. The number of carbonyl (C=O) groups excluding carboxylic acids is 1. The summed E-state index contributed by atoms with van der Waals surface area (Å²) in [6, 6.07) is 5.93. The van der Waals surface area contributed by atoms with Crippen molar-refractivity contribution in [2.24, 2.45) is 5.92 Å². The molecule has 0 radical (unpaired) electrons. The van der Waals surface area contributed by atoms with Crippen molar-refractivity contribution in [3.8, 4) is 0 Å². The van der Waals surface area contributed by atoms with Crippen LogP contribution >= 0.6 is 15.9 Å². The molecule has 0 spiro atoms. The highest BCUT2D eigenvalue weighted by molar-refractivity contribution is 9.09. The maximum absolute atomic E-state index is 12.3. The highest BCUT2D eigenvalue weighted by Crippen LogP contribution is 2.26. The van der Waals surface area contributed by atoms with Gasteiger partial charge in [-0.05, 0) is 24.8 Å². The zero-order chi connectivity index (χ0) is 14.7. The second-order valence-corrected chi connectivity index (χ2v) is 6.56. The first-order chi connectivity index (χ1) is 9.49. The lowest BCUT2D eigenvalue weighted by Crippen LogP contribution is -2.39. The van der Waals surface area contributed by atoms with E-state index in [-0.39, 0.29) is 11.6 Å². The van der Waals surface area contributed by atoms with Gasteiger partial charge in [-0.2, -0.15) is 0 Å². The highest BCUT2D eigenvalue weighted by Gasteiger charge is 2.26. The summed E-state index contributed by atoms with van der Waals surface area (Å²) in [6.07, 6.45) is 1.93. The van der Waals surface area contributed by atoms with E-state index in [2.05, 4.69) is 22.9 Å². The van der Waals surface area contributed by atoms with Gasteiger partial charge in [-0.3, -0.25) is 14.9 Å². The molecule has 1 amide bonds. The fourth-order valence-corrected chi connectivity index (χ4v) is 3.03. The second-order valence-electron chi connectivity index (χ2n) is 5.11. The molecule has 1 atom stereocenters. The highest BCUT2D eigenvalue weighted by atomic mass is 79.9. The summed E-state index contributed by atoms with van der Waals surface area (Å²) in [7, 11) is 0. The molecule has 2 rings (SSSR count). The Labute approximate surface area is 126 Å². The lowest BCUT2D eigenvalue weighted by atomic mass is 9.94. The Kier molecular flexibility index (Phi) is 4.75. The summed E-state index contributed by atoms with van der Waals surface area (Å²) in [5.41, 5.74) is 0.351. The Balaban J connectivity index is 2.05. The van der Waals surface area contributed by atoms with E-state index in [1.54, 1.807) is 17.0 Å². The number of nitrogens with zero attached hydrogens (tertiary/aromatic N) is 2. The molecule has 1 aliphatic heterocycles. The van der Waals surface area contributed by atoms with E-state index in [1.807, 2.05) is 0 Å². The van der Waals surface area contributed by atoms with Crippen molar-refractivity contribution >= 4 is 27.5 Å². The molecule has 0 bridgehead atoms. The molecule has 6 heteroatoms. The largest absolute Gasteiger partial charge is 0.339 e. The van der Waals surface area contributed by atoms with Crippen molar-refractivity contribution in [3.05, 3.63) is 39.9 Å². The number of amides is 1. The third-order valence-electron chi connectivity index (χ3n) is 3.78. The fourth-order valence-electron chi connectivity index (χ4n) is 2.50. The SMILES string of the molecule is CC(Br)C1CCN(C(=O)c2cccc([N+](=O)[O-])c2)CC1. The van der Waals surface area contributed by atoms with Gasteiger partial charge < -0.3 is 4.90 Å². The van der Waals surface area contributed by atoms with Crippen LogP contribution in [0.4, 0.5) is 5.69 Å². The van der Waals surface area contributed by atoms with Crippen molar-refractivity contribution < 1.29 is 9.72 Å². The average molecular weight is 341 g/mol. The minimum Gasteiger partial charge on any atom is -0.339 e. The first-order valence-corrected chi connectivity index (χ1v) is 7.58. The number of likely N-dealkylation sites (tertiary alicyclic amines) is 1. The minimum atomic E-state index is -0.477. The fraction of sp³-hybridized carbons (Fsp3) is 0.500. The van der Waals surface area contributed by atoms with Gasteiger partial charge >= 0.3 is 0 Å².